The Hall–Kier alpha value is -0.210. The SMILES string of the molecule is CC(C)COCCCNS(=O)(=O)N(C)CCCO. The summed E-state index contributed by atoms with van der Waals surface area (Å²) in [6, 6.07) is 0. The van der Waals surface area contributed by atoms with Crippen LogP contribution in [-0.4, -0.2) is 57.8 Å². The zero-order valence-corrected chi connectivity index (χ0v) is 12.4. The fraction of sp³-hybridized carbons (Fsp3) is 1.00. The molecular weight excluding hydrogens is 256 g/mol. The lowest BCUT2D eigenvalue weighted by atomic mass is 10.2. The Kier molecular flexibility index (Phi) is 9.57. The van der Waals surface area contributed by atoms with Crippen molar-refractivity contribution in [1.82, 2.24) is 9.03 Å². The lowest BCUT2D eigenvalue weighted by Crippen LogP contribution is -2.39. The predicted molar refractivity (Wildman–Crippen MR) is 71.5 cm³/mol. The number of nitrogens with zero attached hydrogens (tertiary/aromatic N) is 1. The summed E-state index contributed by atoms with van der Waals surface area (Å²) in [5.74, 6) is 0.492. The third kappa shape index (κ3) is 8.82. The first-order valence-corrected chi connectivity index (χ1v) is 7.73. The Morgan fingerprint density at radius 1 is 1.33 bits per heavy atom. The number of ether oxygens (including phenoxy) is 1. The first kappa shape index (κ1) is 17.8. The molecule has 0 aromatic rings. The molecule has 0 amide bonds. The molecule has 0 aliphatic heterocycles. The van der Waals surface area contributed by atoms with Gasteiger partial charge in [0.15, 0.2) is 0 Å². The van der Waals surface area contributed by atoms with E-state index in [2.05, 4.69) is 18.6 Å². The van der Waals surface area contributed by atoms with Gasteiger partial charge in [0.2, 0.25) is 0 Å². The van der Waals surface area contributed by atoms with Crippen LogP contribution in [0.4, 0.5) is 0 Å². The first-order chi connectivity index (χ1) is 8.40. The summed E-state index contributed by atoms with van der Waals surface area (Å²) < 4.78 is 32.4. The van der Waals surface area contributed by atoms with Gasteiger partial charge in [-0.3, -0.25) is 0 Å². The van der Waals surface area contributed by atoms with Crippen LogP contribution in [0, 0.1) is 5.92 Å². The van der Waals surface area contributed by atoms with Crippen LogP contribution in [0.15, 0.2) is 0 Å². The molecule has 0 aromatic heterocycles. The highest BCUT2D eigenvalue weighted by molar-refractivity contribution is 7.87. The van der Waals surface area contributed by atoms with Crippen molar-refractivity contribution in [2.24, 2.45) is 5.92 Å². The molecule has 0 fully saturated rings. The molecule has 110 valence electrons. The average Bonchev–Trinajstić information content (AvgIpc) is 2.30. The number of hydrogen-bond acceptors (Lipinski definition) is 4. The van der Waals surface area contributed by atoms with E-state index in [1.807, 2.05) is 0 Å². The maximum absolute atomic E-state index is 11.7. The summed E-state index contributed by atoms with van der Waals surface area (Å²) in [4.78, 5) is 0. The quantitative estimate of drug-likeness (QED) is 0.531. The van der Waals surface area contributed by atoms with Gasteiger partial charge in [0.1, 0.15) is 0 Å². The number of hydrogen-bond donors (Lipinski definition) is 2. The van der Waals surface area contributed by atoms with E-state index in [9.17, 15) is 8.42 Å². The van der Waals surface area contributed by atoms with Crippen molar-refractivity contribution < 1.29 is 18.3 Å². The molecule has 0 spiro atoms. The van der Waals surface area contributed by atoms with Crippen LogP contribution in [0.3, 0.4) is 0 Å². The molecule has 18 heavy (non-hydrogen) atoms. The van der Waals surface area contributed by atoms with Crippen LogP contribution in [0.5, 0.6) is 0 Å². The van der Waals surface area contributed by atoms with Crippen molar-refractivity contribution >= 4 is 10.2 Å². The van der Waals surface area contributed by atoms with E-state index >= 15 is 0 Å². The molecule has 0 aliphatic rings. The predicted octanol–water partition coefficient (Wildman–Crippen LogP) is 0.198. The van der Waals surface area contributed by atoms with Gasteiger partial charge in [-0.25, -0.2) is 4.72 Å². The molecule has 0 rings (SSSR count). The van der Waals surface area contributed by atoms with Gasteiger partial charge in [-0.15, -0.1) is 0 Å². The Morgan fingerprint density at radius 3 is 2.56 bits per heavy atom. The van der Waals surface area contributed by atoms with Crippen LogP contribution in [-0.2, 0) is 14.9 Å². The number of rotatable bonds is 11. The highest BCUT2D eigenvalue weighted by atomic mass is 32.2. The van der Waals surface area contributed by atoms with E-state index in [1.54, 1.807) is 0 Å². The molecule has 6 nitrogen and oxygen atoms in total. The van der Waals surface area contributed by atoms with Crippen LogP contribution in [0.2, 0.25) is 0 Å². The second-order valence-electron chi connectivity index (χ2n) is 4.62. The van der Waals surface area contributed by atoms with E-state index in [0.29, 0.717) is 45.1 Å². The number of nitrogens with one attached hydrogen (secondary N) is 1. The van der Waals surface area contributed by atoms with Gasteiger partial charge in [0, 0.05) is 40.0 Å². The lowest BCUT2D eigenvalue weighted by Gasteiger charge is -2.17. The van der Waals surface area contributed by atoms with Gasteiger partial charge in [0.25, 0.3) is 10.2 Å². The minimum absolute atomic E-state index is 0.0110. The molecule has 0 unspecified atom stereocenters. The molecule has 0 aliphatic carbocycles. The van der Waals surface area contributed by atoms with Crippen LogP contribution >= 0.6 is 0 Å². The highest BCUT2D eigenvalue weighted by Gasteiger charge is 2.15. The molecular formula is C11H26N2O4S. The topological polar surface area (TPSA) is 78.9 Å². The zero-order chi connectivity index (χ0) is 14.0. The van der Waals surface area contributed by atoms with Crippen molar-refractivity contribution in [2.45, 2.75) is 26.7 Å². The van der Waals surface area contributed by atoms with Crippen LogP contribution in [0.1, 0.15) is 26.7 Å². The number of aliphatic hydroxyl groups excluding tert-OH is 1. The molecule has 0 radical (unpaired) electrons. The zero-order valence-electron chi connectivity index (χ0n) is 11.6. The summed E-state index contributed by atoms with van der Waals surface area (Å²) in [6.45, 7) is 6.06. The third-order valence-electron chi connectivity index (χ3n) is 2.24. The fourth-order valence-electron chi connectivity index (χ4n) is 1.22. The van der Waals surface area contributed by atoms with Gasteiger partial charge in [0.05, 0.1) is 0 Å². The lowest BCUT2D eigenvalue weighted by molar-refractivity contribution is 0.108. The van der Waals surface area contributed by atoms with E-state index in [0.717, 1.165) is 0 Å². The van der Waals surface area contributed by atoms with Crippen molar-refractivity contribution in [3.63, 3.8) is 0 Å². The minimum Gasteiger partial charge on any atom is -0.396 e. The van der Waals surface area contributed by atoms with Crippen molar-refractivity contribution in [1.29, 1.82) is 0 Å². The van der Waals surface area contributed by atoms with Crippen molar-refractivity contribution in [2.75, 3.05) is 40.0 Å². The molecule has 0 heterocycles. The Labute approximate surface area is 111 Å². The molecule has 0 bridgehead atoms. The Balaban J connectivity index is 3.70. The van der Waals surface area contributed by atoms with Gasteiger partial charge >= 0.3 is 0 Å². The van der Waals surface area contributed by atoms with Gasteiger partial charge < -0.3 is 9.84 Å². The third-order valence-corrected chi connectivity index (χ3v) is 3.81. The summed E-state index contributed by atoms with van der Waals surface area (Å²) >= 11 is 0. The molecule has 0 saturated heterocycles. The maximum Gasteiger partial charge on any atom is 0.279 e. The molecule has 0 atom stereocenters. The van der Waals surface area contributed by atoms with E-state index in [-0.39, 0.29) is 6.61 Å². The van der Waals surface area contributed by atoms with Crippen LogP contribution in [0.25, 0.3) is 0 Å². The standard InChI is InChI=1S/C11H26N2O4S/c1-11(2)10-17-9-4-6-12-18(15,16)13(3)7-5-8-14/h11-12,14H,4-10H2,1-3H3. The second-order valence-corrected chi connectivity index (χ2v) is 6.48. The normalized spacial score (nSPS) is 12.6. The van der Waals surface area contributed by atoms with Crippen molar-refractivity contribution in [3.05, 3.63) is 0 Å². The minimum atomic E-state index is -3.42. The summed E-state index contributed by atoms with van der Waals surface area (Å²) in [5.41, 5.74) is 0. The molecule has 2 N–H and O–H groups in total. The van der Waals surface area contributed by atoms with E-state index in [1.165, 1.54) is 11.4 Å². The maximum atomic E-state index is 11.7. The van der Waals surface area contributed by atoms with E-state index in [4.69, 9.17) is 9.84 Å². The van der Waals surface area contributed by atoms with Gasteiger partial charge in [-0.1, -0.05) is 13.8 Å². The Bertz CT molecular complexity index is 293. The molecule has 0 saturated carbocycles. The highest BCUT2D eigenvalue weighted by Crippen LogP contribution is 1.96. The van der Waals surface area contributed by atoms with Gasteiger partial charge in [-0.05, 0) is 18.8 Å². The largest absolute Gasteiger partial charge is 0.396 e. The molecule has 0 aromatic carbocycles. The monoisotopic (exact) mass is 282 g/mol. The Morgan fingerprint density at radius 2 is 2.00 bits per heavy atom. The smallest absolute Gasteiger partial charge is 0.279 e. The van der Waals surface area contributed by atoms with E-state index < -0.39 is 10.2 Å². The fourth-order valence-corrected chi connectivity index (χ4v) is 2.21. The van der Waals surface area contributed by atoms with Gasteiger partial charge in [-0.2, -0.15) is 12.7 Å². The average molecular weight is 282 g/mol. The second kappa shape index (κ2) is 9.69. The molecule has 7 heteroatoms. The van der Waals surface area contributed by atoms with Crippen molar-refractivity contribution in [3.8, 4) is 0 Å². The number of aliphatic hydroxyl groups is 1. The van der Waals surface area contributed by atoms with Crippen LogP contribution < -0.4 is 4.72 Å². The summed E-state index contributed by atoms with van der Waals surface area (Å²) in [5, 5.41) is 8.64. The first-order valence-electron chi connectivity index (χ1n) is 6.29. The summed E-state index contributed by atoms with van der Waals surface area (Å²) in [7, 11) is -1.93. The summed E-state index contributed by atoms with van der Waals surface area (Å²) in [6.07, 6.45) is 1.09.